The summed E-state index contributed by atoms with van der Waals surface area (Å²) in [6.45, 7) is 7.26. The second-order valence-corrected chi connectivity index (χ2v) is 5.52. The molecule has 2 rings (SSSR count). The van der Waals surface area contributed by atoms with Crippen LogP contribution in [0.5, 0.6) is 0 Å². The second kappa shape index (κ2) is 3.82. The van der Waals surface area contributed by atoms with Gasteiger partial charge in [0, 0.05) is 12.1 Å². The largest absolute Gasteiger partial charge is 0.317 e. The Kier molecular flexibility index (Phi) is 2.85. The Bertz CT molecular complexity index is 182. The fourth-order valence-electron chi connectivity index (χ4n) is 3.42. The number of nitrogens with one attached hydrogen (secondary N) is 1. The van der Waals surface area contributed by atoms with E-state index in [1.54, 1.807) is 0 Å². The van der Waals surface area contributed by atoms with Gasteiger partial charge in [0.15, 0.2) is 0 Å². The molecule has 0 aromatic rings. The number of hydrogen-bond acceptors (Lipinski definition) is 2. The van der Waals surface area contributed by atoms with E-state index >= 15 is 0 Å². The highest BCUT2D eigenvalue weighted by atomic mass is 15.2. The zero-order chi connectivity index (χ0) is 10.2. The van der Waals surface area contributed by atoms with Crippen molar-refractivity contribution in [3.05, 3.63) is 0 Å². The highest BCUT2D eigenvalue weighted by Crippen LogP contribution is 2.43. The van der Waals surface area contributed by atoms with Gasteiger partial charge in [-0.2, -0.15) is 0 Å². The molecule has 14 heavy (non-hydrogen) atoms. The van der Waals surface area contributed by atoms with E-state index in [4.69, 9.17) is 0 Å². The van der Waals surface area contributed by atoms with Crippen LogP contribution in [0.4, 0.5) is 0 Å². The minimum Gasteiger partial charge on any atom is -0.317 e. The maximum Gasteiger partial charge on any atom is 0.00720 e. The molecule has 2 atom stereocenters. The predicted molar refractivity (Wildman–Crippen MR) is 60.5 cm³/mol. The molecule has 0 aromatic carbocycles. The Labute approximate surface area is 88.1 Å². The Morgan fingerprint density at radius 2 is 1.57 bits per heavy atom. The first-order valence-corrected chi connectivity index (χ1v) is 6.06. The maximum absolute atomic E-state index is 3.48. The Hall–Kier alpha value is -0.0800. The van der Waals surface area contributed by atoms with Crippen molar-refractivity contribution in [2.75, 3.05) is 20.1 Å². The first-order valence-electron chi connectivity index (χ1n) is 6.06. The zero-order valence-corrected chi connectivity index (χ0v) is 9.84. The van der Waals surface area contributed by atoms with Gasteiger partial charge in [-0.15, -0.1) is 0 Å². The number of rotatable bonds is 0. The fourth-order valence-corrected chi connectivity index (χ4v) is 3.42. The van der Waals surface area contributed by atoms with E-state index in [0.717, 1.165) is 12.1 Å². The van der Waals surface area contributed by atoms with E-state index in [1.165, 1.54) is 38.8 Å². The van der Waals surface area contributed by atoms with Crippen molar-refractivity contribution in [1.82, 2.24) is 10.2 Å². The molecule has 82 valence electrons. The lowest BCUT2D eigenvalue weighted by Gasteiger charge is -2.50. The molecule has 2 aliphatic heterocycles. The van der Waals surface area contributed by atoms with Crippen LogP contribution in [0.2, 0.25) is 0 Å². The van der Waals surface area contributed by atoms with Gasteiger partial charge < -0.3 is 10.2 Å². The molecule has 0 aliphatic carbocycles. The van der Waals surface area contributed by atoms with E-state index < -0.39 is 0 Å². The molecule has 2 unspecified atom stereocenters. The van der Waals surface area contributed by atoms with Crippen LogP contribution in [0.15, 0.2) is 0 Å². The van der Waals surface area contributed by atoms with Crippen molar-refractivity contribution in [3.63, 3.8) is 0 Å². The molecule has 2 aliphatic rings. The smallest absolute Gasteiger partial charge is 0.00720 e. The summed E-state index contributed by atoms with van der Waals surface area (Å²) in [6, 6.07) is 1.55. The van der Waals surface area contributed by atoms with Crippen molar-refractivity contribution in [2.24, 2.45) is 5.41 Å². The molecule has 2 saturated heterocycles. The highest BCUT2D eigenvalue weighted by molar-refractivity contribution is 4.95. The lowest BCUT2D eigenvalue weighted by Crippen LogP contribution is -2.51. The molecule has 2 fully saturated rings. The number of nitrogens with zero attached hydrogens (tertiary/aromatic N) is 1. The third kappa shape index (κ3) is 1.82. The monoisotopic (exact) mass is 196 g/mol. The Morgan fingerprint density at radius 1 is 1.07 bits per heavy atom. The van der Waals surface area contributed by atoms with Crippen molar-refractivity contribution in [1.29, 1.82) is 0 Å². The first kappa shape index (κ1) is 10.4. The van der Waals surface area contributed by atoms with E-state index in [2.05, 4.69) is 31.1 Å². The number of piperidine rings is 2. The van der Waals surface area contributed by atoms with E-state index in [9.17, 15) is 0 Å². The molecule has 2 heteroatoms. The minimum absolute atomic E-state index is 0.677. The summed E-state index contributed by atoms with van der Waals surface area (Å²) in [6.07, 6.45) is 5.62. The predicted octanol–water partition coefficient (Wildman–Crippen LogP) is 1.86. The van der Waals surface area contributed by atoms with Gasteiger partial charge in [-0.3, -0.25) is 0 Å². The molecule has 1 spiro atoms. The van der Waals surface area contributed by atoms with Gasteiger partial charge >= 0.3 is 0 Å². The molecule has 2 heterocycles. The van der Waals surface area contributed by atoms with Gasteiger partial charge in [-0.1, -0.05) is 0 Å². The molecule has 2 nitrogen and oxygen atoms in total. The average molecular weight is 196 g/mol. The van der Waals surface area contributed by atoms with Crippen LogP contribution in [0.25, 0.3) is 0 Å². The SMILES string of the molecule is CC1CC2(CCNCC2)CC(C)N1C. The van der Waals surface area contributed by atoms with Crippen LogP contribution in [0.1, 0.15) is 39.5 Å². The summed E-state index contributed by atoms with van der Waals surface area (Å²) >= 11 is 0. The van der Waals surface area contributed by atoms with Gasteiger partial charge in [0.1, 0.15) is 0 Å². The topological polar surface area (TPSA) is 15.3 Å². The van der Waals surface area contributed by atoms with Crippen LogP contribution >= 0.6 is 0 Å². The molecule has 0 bridgehead atoms. The minimum atomic E-state index is 0.677. The number of hydrogen-bond donors (Lipinski definition) is 1. The summed E-state index contributed by atoms with van der Waals surface area (Å²) < 4.78 is 0. The highest BCUT2D eigenvalue weighted by Gasteiger charge is 2.40. The van der Waals surface area contributed by atoms with E-state index in [0.29, 0.717) is 5.41 Å². The summed E-state index contributed by atoms with van der Waals surface area (Å²) in [5, 5.41) is 3.48. The van der Waals surface area contributed by atoms with E-state index in [1.807, 2.05) is 0 Å². The van der Waals surface area contributed by atoms with Crippen LogP contribution in [0.3, 0.4) is 0 Å². The van der Waals surface area contributed by atoms with Gasteiger partial charge in [0.05, 0.1) is 0 Å². The van der Waals surface area contributed by atoms with Gasteiger partial charge in [0.2, 0.25) is 0 Å². The maximum atomic E-state index is 3.48. The van der Waals surface area contributed by atoms with Gasteiger partial charge in [0.25, 0.3) is 0 Å². The van der Waals surface area contributed by atoms with Crippen molar-refractivity contribution < 1.29 is 0 Å². The molecule has 0 amide bonds. The van der Waals surface area contributed by atoms with Crippen LogP contribution in [-0.2, 0) is 0 Å². The Morgan fingerprint density at radius 3 is 2.07 bits per heavy atom. The van der Waals surface area contributed by atoms with Crippen LogP contribution in [0, 0.1) is 5.41 Å². The lowest BCUT2D eigenvalue weighted by molar-refractivity contribution is 0.0134. The van der Waals surface area contributed by atoms with Crippen LogP contribution < -0.4 is 5.32 Å². The van der Waals surface area contributed by atoms with Crippen molar-refractivity contribution in [3.8, 4) is 0 Å². The fraction of sp³-hybridized carbons (Fsp3) is 1.00. The average Bonchev–Trinajstić information content (AvgIpc) is 2.15. The molecule has 1 N–H and O–H groups in total. The molecule has 0 radical (unpaired) electrons. The molecular formula is C12H24N2. The summed E-state index contributed by atoms with van der Waals surface area (Å²) in [7, 11) is 2.28. The third-order valence-corrected chi connectivity index (χ3v) is 4.51. The van der Waals surface area contributed by atoms with Crippen LogP contribution in [-0.4, -0.2) is 37.1 Å². The quantitative estimate of drug-likeness (QED) is 0.636. The molecular weight excluding hydrogens is 172 g/mol. The van der Waals surface area contributed by atoms with Gasteiger partial charge in [-0.25, -0.2) is 0 Å². The summed E-state index contributed by atoms with van der Waals surface area (Å²) in [5.74, 6) is 0. The molecule has 0 saturated carbocycles. The standard InChI is InChI=1S/C12H24N2/c1-10-8-12(4-6-13-7-5-12)9-11(2)14(10)3/h10-11,13H,4-9H2,1-3H3. The Balaban J connectivity index is 2.06. The van der Waals surface area contributed by atoms with Gasteiger partial charge in [-0.05, 0) is 65.1 Å². The lowest BCUT2D eigenvalue weighted by atomic mass is 9.67. The second-order valence-electron chi connectivity index (χ2n) is 5.52. The zero-order valence-electron chi connectivity index (χ0n) is 9.84. The normalized spacial score (nSPS) is 38.8. The number of likely N-dealkylation sites (tertiary alicyclic amines) is 1. The van der Waals surface area contributed by atoms with Crippen molar-refractivity contribution in [2.45, 2.75) is 51.6 Å². The first-order chi connectivity index (χ1) is 6.63. The summed E-state index contributed by atoms with van der Waals surface area (Å²) in [5.41, 5.74) is 0.677. The molecule has 0 aromatic heterocycles. The third-order valence-electron chi connectivity index (χ3n) is 4.51. The van der Waals surface area contributed by atoms with Crippen molar-refractivity contribution >= 4 is 0 Å². The van der Waals surface area contributed by atoms with E-state index in [-0.39, 0.29) is 0 Å². The summed E-state index contributed by atoms with van der Waals surface area (Å²) in [4.78, 5) is 2.55.